The smallest absolute Gasteiger partial charge is 0.0431 e. The van der Waals surface area contributed by atoms with E-state index in [1.165, 1.54) is 0 Å². The van der Waals surface area contributed by atoms with Crippen molar-refractivity contribution in [3.8, 4) is 0 Å². The molecule has 0 rings (SSSR count). The highest BCUT2D eigenvalue weighted by atomic mass is 16.2. The SMILES string of the molecule is C=CC(CCCO)C(N)CCC. The average Bonchev–Trinajstić information content (AvgIpc) is 2.06. The lowest BCUT2D eigenvalue weighted by atomic mass is 9.92. The molecule has 0 aromatic carbocycles. The molecular formula is C10H21NO. The van der Waals surface area contributed by atoms with Crippen LogP contribution in [0.4, 0.5) is 0 Å². The molecule has 0 amide bonds. The Morgan fingerprint density at radius 3 is 2.58 bits per heavy atom. The summed E-state index contributed by atoms with van der Waals surface area (Å²) in [5.41, 5.74) is 5.93. The van der Waals surface area contributed by atoms with Crippen LogP contribution in [-0.4, -0.2) is 17.8 Å². The molecule has 0 bridgehead atoms. The third-order valence-electron chi connectivity index (χ3n) is 2.17. The van der Waals surface area contributed by atoms with Crippen LogP contribution in [0.1, 0.15) is 32.6 Å². The van der Waals surface area contributed by atoms with E-state index in [1.807, 2.05) is 6.08 Å². The van der Waals surface area contributed by atoms with Gasteiger partial charge in [0.05, 0.1) is 0 Å². The second-order valence-corrected chi connectivity index (χ2v) is 3.22. The van der Waals surface area contributed by atoms with Crippen LogP contribution >= 0.6 is 0 Å². The zero-order valence-corrected chi connectivity index (χ0v) is 8.00. The van der Waals surface area contributed by atoms with Crippen LogP contribution in [0.3, 0.4) is 0 Å². The zero-order valence-electron chi connectivity index (χ0n) is 8.00. The standard InChI is InChI=1S/C10H21NO/c1-3-6-10(11)9(4-2)7-5-8-12/h4,9-10,12H,2-3,5-8,11H2,1H3. The third-order valence-corrected chi connectivity index (χ3v) is 2.17. The van der Waals surface area contributed by atoms with Gasteiger partial charge in [-0.15, -0.1) is 6.58 Å². The minimum Gasteiger partial charge on any atom is -0.396 e. The number of hydrogen-bond donors (Lipinski definition) is 2. The van der Waals surface area contributed by atoms with Crippen LogP contribution in [0.25, 0.3) is 0 Å². The second kappa shape index (κ2) is 7.32. The van der Waals surface area contributed by atoms with Crippen molar-refractivity contribution in [1.82, 2.24) is 0 Å². The molecule has 2 heteroatoms. The fourth-order valence-electron chi connectivity index (χ4n) is 1.38. The average molecular weight is 171 g/mol. The Morgan fingerprint density at radius 1 is 1.50 bits per heavy atom. The zero-order chi connectivity index (χ0) is 9.40. The Balaban J connectivity index is 3.70. The maximum atomic E-state index is 8.65. The molecule has 2 atom stereocenters. The van der Waals surface area contributed by atoms with Crippen LogP contribution in [0, 0.1) is 5.92 Å². The number of rotatable bonds is 7. The minimum absolute atomic E-state index is 0.221. The summed E-state index contributed by atoms with van der Waals surface area (Å²) in [5, 5.41) is 8.65. The van der Waals surface area contributed by atoms with Crippen molar-refractivity contribution >= 4 is 0 Å². The number of hydrogen-bond acceptors (Lipinski definition) is 2. The molecule has 2 unspecified atom stereocenters. The van der Waals surface area contributed by atoms with E-state index in [0.29, 0.717) is 5.92 Å². The molecule has 2 nitrogen and oxygen atoms in total. The van der Waals surface area contributed by atoms with E-state index in [-0.39, 0.29) is 12.6 Å². The Labute approximate surface area is 75.5 Å². The van der Waals surface area contributed by atoms with Crippen molar-refractivity contribution < 1.29 is 5.11 Å². The van der Waals surface area contributed by atoms with Gasteiger partial charge < -0.3 is 10.8 Å². The highest BCUT2D eigenvalue weighted by Gasteiger charge is 2.12. The summed E-state index contributed by atoms with van der Waals surface area (Å²) in [6, 6.07) is 0.221. The van der Waals surface area contributed by atoms with Gasteiger partial charge in [-0.25, -0.2) is 0 Å². The number of aliphatic hydroxyl groups is 1. The predicted molar refractivity (Wildman–Crippen MR) is 52.9 cm³/mol. The molecule has 0 aromatic heterocycles. The summed E-state index contributed by atoms with van der Waals surface area (Å²) >= 11 is 0. The van der Waals surface area contributed by atoms with E-state index in [1.54, 1.807) is 0 Å². The molecule has 0 aromatic rings. The molecule has 0 radical (unpaired) electrons. The predicted octanol–water partition coefficient (Wildman–Crippen LogP) is 1.69. The highest BCUT2D eigenvalue weighted by molar-refractivity contribution is 4.86. The van der Waals surface area contributed by atoms with E-state index in [4.69, 9.17) is 10.8 Å². The van der Waals surface area contributed by atoms with Gasteiger partial charge in [0.15, 0.2) is 0 Å². The quantitative estimate of drug-likeness (QED) is 0.573. The first-order valence-corrected chi connectivity index (χ1v) is 4.75. The van der Waals surface area contributed by atoms with Gasteiger partial charge in [-0.05, 0) is 25.2 Å². The van der Waals surface area contributed by atoms with Crippen molar-refractivity contribution in [2.45, 2.75) is 38.6 Å². The Bertz CT molecular complexity index is 114. The van der Waals surface area contributed by atoms with Gasteiger partial charge in [-0.2, -0.15) is 0 Å². The van der Waals surface area contributed by atoms with E-state index >= 15 is 0 Å². The summed E-state index contributed by atoms with van der Waals surface area (Å²) in [6.07, 6.45) is 5.86. The van der Waals surface area contributed by atoms with E-state index in [9.17, 15) is 0 Å². The molecule has 0 aliphatic rings. The molecule has 0 aliphatic carbocycles. The van der Waals surface area contributed by atoms with Gasteiger partial charge in [-0.1, -0.05) is 19.4 Å². The first-order chi connectivity index (χ1) is 5.76. The topological polar surface area (TPSA) is 46.2 Å². The monoisotopic (exact) mass is 171 g/mol. The third kappa shape index (κ3) is 4.52. The van der Waals surface area contributed by atoms with Crippen LogP contribution in [-0.2, 0) is 0 Å². The molecule has 0 aliphatic heterocycles. The summed E-state index contributed by atoms with van der Waals surface area (Å²) in [6.45, 7) is 6.14. The Kier molecular flexibility index (Phi) is 7.11. The molecule has 3 N–H and O–H groups in total. The van der Waals surface area contributed by atoms with Gasteiger partial charge >= 0.3 is 0 Å². The van der Waals surface area contributed by atoms with Gasteiger partial charge in [0.1, 0.15) is 0 Å². The van der Waals surface area contributed by atoms with Crippen LogP contribution < -0.4 is 5.73 Å². The van der Waals surface area contributed by atoms with E-state index in [2.05, 4.69) is 13.5 Å². The molecule has 0 fully saturated rings. The highest BCUT2D eigenvalue weighted by Crippen LogP contribution is 2.14. The second-order valence-electron chi connectivity index (χ2n) is 3.22. The van der Waals surface area contributed by atoms with Crippen LogP contribution in [0.2, 0.25) is 0 Å². The lowest BCUT2D eigenvalue weighted by molar-refractivity contribution is 0.271. The Morgan fingerprint density at radius 2 is 2.17 bits per heavy atom. The van der Waals surface area contributed by atoms with Crippen LogP contribution in [0.15, 0.2) is 12.7 Å². The molecule has 0 heterocycles. The van der Waals surface area contributed by atoms with Gasteiger partial charge in [0, 0.05) is 12.6 Å². The lowest BCUT2D eigenvalue weighted by Gasteiger charge is -2.19. The molecule has 0 spiro atoms. The van der Waals surface area contributed by atoms with E-state index < -0.39 is 0 Å². The molecular weight excluding hydrogens is 150 g/mol. The fourth-order valence-corrected chi connectivity index (χ4v) is 1.38. The minimum atomic E-state index is 0.221. The maximum Gasteiger partial charge on any atom is 0.0431 e. The molecule has 12 heavy (non-hydrogen) atoms. The normalized spacial score (nSPS) is 15.6. The summed E-state index contributed by atoms with van der Waals surface area (Å²) in [4.78, 5) is 0. The lowest BCUT2D eigenvalue weighted by Crippen LogP contribution is -2.28. The molecule has 0 saturated heterocycles. The van der Waals surface area contributed by atoms with Crippen molar-refractivity contribution in [1.29, 1.82) is 0 Å². The number of aliphatic hydroxyl groups excluding tert-OH is 1. The molecule has 0 saturated carbocycles. The summed E-state index contributed by atoms with van der Waals surface area (Å²) in [7, 11) is 0. The van der Waals surface area contributed by atoms with Crippen LogP contribution in [0.5, 0.6) is 0 Å². The largest absolute Gasteiger partial charge is 0.396 e. The van der Waals surface area contributed by atoms with Crippen molar-refractivity contribution in [2.75, 3.05) is 6.61 Å². The van der Waals surface area contributed by atoms with Gasteiger partial charge in [0.2, 0.25) is 0 Å². The van der Waals surface area contributed by atoms with E-state index in [0.717, 1.165) is 25.7 Å². The van der Waals surface area contributed by atoms with Crippen molar-refractivity contribution in [3.63, 3.8) is 0 Å². The Hall–Kier alpha value is -0.340. The summed E-state index contributed by atoms with van der Waals surface area (Å²) < 4.78 is 0. The first-order valence-electron chi connectivity index (χ1n) is 4.75. The first kappa shape index (κ1) is 11.7. The van der Waals surface area contributed by atoms with Gasteiger partial charge in [-0.3, -0.25) is 0 Å². The van der Waals surface area contributed by atoms with Crippen molar-refractivity contribution in [2.24, 2.45) is 11.7 Å². The maximum absolute atomic E-state index is 8.65. The van der Waals surface area contributed by atoms with Crippen molar-refractivity contribution in [3.05, 3.63) is 12.7 Å². The molecule has 72 valence electrons. The fraction of sp³-hybridized carbons (Fsp3) is 0.800. The van der Waals surface area contributed by atoms with Gasteiger partial charge in [0.25, 0.3) is 0 Å². The summed E-state index contributed by atoms with van der Waals surface area (Å²) in [5.74, 6) is 0.372. The number of nitrogens with two attached hydrogens (primary N) is 1.